The monoisotopic (exact) mass is 269 g/mol. The molecule has 2 heterocycles. The van der Waals surface area contributed by atoms with Crippen LogP contribution in [0.2, 0.25) is 0 Å². The summed E-state index contributed by atoms with van der Waals surface area (Å²) in [5.41, 5.74) is 0. The second-order valence-electron chi connectivity index (χ2n) is 5.72. The summed E-state index contributed by atoms with van der Waals surface area (Å²) < 4.78 is 5.35. The molecule has 0 bridgehead atoms. The zero-order valence-electron chi connectivity index (χ0n) is 12.2. The van der Waals surface area contributed by atoms with E-state index in [1.165, 1.54) is 6.42 Å². The summed E-state index contributed by atoms with van der Waals surface area (Å²) in [6, 6.07) is 0.868. The lowest BCUT2D eigenvalue weighted by atomic mass is 10.0. The summed E-state index contributed by atoms with van der Waals surface area (Å²) >= 11 is 0. The maximum Gasteiger partial charge on any atom is 0.317 e. The summed E-state index contributed by atoms with van der Waals surface area (Å²) in [7, 11) is 0. The van der Waals surface area contributed by atoms with Crippen LogP contribution in [0.15, 0.2) is 0 Å². The van der Waals surface area contributed by atoms with Crippen molar-refractivity contribution in [2.24, 2.45) is 0 Å². The molecule has 0 radical (unpaired) electrons. The van der Waals surface area contributed by atoms with Crippen molar-refractivity contribution in [1.82, 2.24) is 15.1 Å². The van der Waals surface area contributed by atoms with Crippen LogP contribution in [0, 0.1) is 0 Å². The fourth-order valence-electron chi connectivity index (χ4n) is 2.88. The van der Waals surface area contributed by atoms with Crippen molar-refractivity contribution in [3.05, 3.63) is 0 Å². The van der Waals surface area contributed by atoms with Gasteiger partial charge in [0.25, 0.3) is 0 Å². The normalized spacial score (nSPS) is 27.1. The standard InChI is InChI=1S/C14H27N3O2/c1-12-5-3-4-6-17(12)14(18)15-11-13(2)16-7-9-19-10-8-16/h12-13H,3-11H2,1-2H3,(H,15,18). The molecular weight excluding hydrogens is 242 g/mol. The van der Waals surface area contributed by atoms with Gasteiger partial charge in [0.05, 0.1) is 13.2 Å². The molecule has 2 unspecified atom stereocenters. The number of carbonyl (C=O) groups is 1. The number of piperidine rings is 1. The molecule has 1 N–H and O–H groups in total. The predicted molar refractivity (Wildman–Crippen MR) is 75.3 cm³/mol. The van der Waals surface area contributed by atoms with Gasteiger partial charge < -0.3 is 15.0 Å². The highest BCUT2D eigenvalue weighted by molar-refractivity contribution is 5.74. The van der Waals surface area contributed by atoms with Gasteiger partial charge in [-0.25, -0.2) is 4.79 Å². The Morgan fingerprint density at radius 2 is 2.05 bits per heavy atom. The third-order valence-corrected chi connectivity index (χ3v) is 4.28. The van der Waals surface area contributed by atoms with Crippen LogP contribution in [0.25, 0.3) is 0 Å². The van der Waals surface area contributed by atoms with Gasteiger partial charge in [0.2, 0.25) is 0 Å². The molecule has 0 aromatic rings. The smallest absolute Gasteiger partial charge is 0.317 e. The number of amides is 2. The number of rotatable bonds is 3. The number of nitrogens with one attached hydrogen (secondary N) is 1. The molecule has 2 aliphatic rings. The van der Waals surface area contributed by atoms with Gasteiger partial charge in [0, 0.05) is 38.3 Å². The zero-order valence-corrected chi connectivity index (χ0v) is 12.2. The van der Waals surface area contributed by atoms with Gasteiger partial charge in [-0.2, -0.15) is 0 Å². The van der Waals surface area contributed by atoms with Crippen molar-refractivity contribution in [3.8, 4) is 0 Å². The Labute approximate surface area is 116 Å². The number of carbonyl (C=O) groups excluding carboxylic acids is 1. The Balaban J connectivity index is 1.72. The van der Waals surface area contributed by atoms with Crippen LogP contribution >= 0.6 is 0 Å². The van der Waals surface area contributed by atoms with E-state index in [1.54, 1.807) is 0 Å². The molecule has 0 aromatic carbocycles. The number of nitrogens with zero attached hydrogens (tertiary/aromatic N) is 2. The molecule has 2 fully saturated rings. The number of hydrogen-bond donors (Lipinski definition) is 1. The molecule has 2 rings (SSSR count). The molecule has 0 spiro atoms. The fourth-order valence-corrected chi connectivity index (χ4v) is 2.88. The largest absolute Gasteiger partial charge is 0.379 e. The van der Waals surface area contributed by atoms with Gasteiger partial charge in [0.1, 0.15) is 0 Å². The summed E-state index contributed by atoms with van der Waals surface area (Å²) in [5.74, 6) is 0. The molecule has 0 aromatic heterocycles. The summed E-state index contributed by atoms with van der Waals surface area (Å²) in [6.07, 6.45) is 3.51. The third-order valence-electron chi connectivity index (χ3n) is 4.28. The molecule has 5 heteroatoms. The lowest BCUT2D eigenvalue weighted by Crippen LogP contribution is -2.52. The van der Waals surface area contributed by atoms with Crippen LogP contribution in [0.1, 0.15) is 33.1 Å². The molecule has 2 amide bonds. The van der Waals surface area contributed by atoms with Crippen molar-refractivity contribution >= 4 is 6.03 Å². The van der Waals surface area contributed by atoms with Gasteiger partial charge in [0.15, 0.2) is 0 Å². The Hall–Kier alpha value is -0.810. The average Bonchev–Trinajstić information content (AvgIpc) is 2.46. The van der Waals surface area contributed by atoms with E-state index in [0.29, 0.717) is 12.1 Å². The number of likely N-dealkylation sites (tertiary alicyclic amines) is 1. The minimum Gasteiger partial charge on any atom is -0.379 e. The molecule has 110 valence electrons. The molecule has 5 nitrogen and oxygen atoms in total. The maximum absolute atomic E-state index is 12.2. The minimum atomic E-state index is 0.104. The average molecular weight is 269 g/mol. The van der Waals surface area contributed by atoms with E-state index in [-0.39, 0.29) is 6.03 Å². The lowest BCUT2D eigenvalue weighted by molar-refractivity contribution is 0.0205. The van der Waals surface area contributed by atoms with E-state index in [4.69, 9.17) is 4.74 Å². The second kappa shape index (κ2) is 7.10. The van der Waals surface area contributed by atoms with Crippen molar-refractivity contribution < 1.29 is 9.53 Å². The van der Waals surface area contributed by atoms with Gasteiger partial charge >= 0.3 is 6.03 Å². The van der Waals surface area contributed by atoms with Crippen molar-refractivity contribution in [1.29, 1.82) is 0 Å². The Bertz CT molecular complexity index is 292. The van der Waals surface area contributed by atoms with Crippen molar-refractivity contribution in [2.75, 3.05) is 39.4 Å². The van der Waals surface area contributed by atoms with Crippen LogP contribution in [-0.4, -0.2) is 67.3 Å². The third kappa shape index (κ3) is 4.08. The van der Waals surface area contributed by atoms with E-state index in [0.717, 1.165) is 52.2 Å². The topological polar surface area (TPSA) is 44.8 Å². The first-order valence-corrected chi connectivity index (χ1v) is 7.54. The first kappa shape index (κ1) is 14.6. The van der Waals surface area contributed by atoms with Crippen molar-refractivity contribution in [3.63, 3.8) is 0 Å². The van der Waals surface area contributed by atoms with Crippen LogP contribution in [0.4, 0.5) is 4.79 Å². The molecule has 19 heavy (non-hydrogen) atoms. The first-order chi connectivity index (χ1) is 9.18. The predicted octanol–water partition coefficient (Wildman–Crippen LogP) is 1.29. The van der Waals surface area contributed by atoms with E-state index in [2.05, 4.69) is 24.1 Å². The maximum atomic E-state index is 12.2. The Kier molecular flexibility index (Phi) is 5.45. The van der Waals surface area contributed by atoms with Gasteiger partial charge in [-0.1, -0.05) is 0 Å². The van der Waals surface area contributed by atoms with Crippen LogP contribution in [0.5, 0.6) is 0 Å². The van der Waals surface area contributed by atoms with Gasteiger partial charge in [-0.3, -0.25) is 4.90 Å². The van der Waals surface area contributed by atoms with E-state index >= 15 is 0 Å². The highest BCUT2D eigenvalue weighted by Gasteiger charge is 2.24. The van der Waals surface area contributed by atoms with Crippen molar-refractivity contribution in [2.45, 2.75) is 45.2 Å². The minimum absolute atomic E-state index is 0.104. The highest BCUT2D eigenvalue weighted by Crippen LogP contribution is 2.16. The molecular formula is C14H27N3O2. The summed E-state index contributed by atoms with van der Waals surface area (Å²) in [6.45, 7) is 9.49. The quantitative estimate of drug-likeness (QED) is 0.840. The first-order valence-electron chi connectivity index (χ1n) is 7.54. The molecule has 0 aliphatic carbocycles. The molecule has 2 atom stereocenters. The molecule has 0 saturated carbocycles. The second-order valence-corrected chi connectivity index (χ2v) is 5.72. The number of ether oxygens (including phenoxy) is 1. The van der Waals surface area contributed by atoms with E-state index < -0.39 is 0 Å². The molecule has 2 saturated heterocycles. The highest BCUT2D eigenvalue weighted by atomic mass is 16.5. The SMILES string of the molecule is CC(CNC(=O)N1CCCCC1C)N1CCOCC1. The Morgan fingerprint density at radius 3 is 2.74 bits per heavy atom. The zero-order chi connectivity index (χ0) is 13.7. The van der Waals surface area contributed by atoms with E-state index in [9.17, 15) is 4.79 Å². The van der Waals surface area contributed by atoms with Crippen LogP contribution < -0.4 is 5.32 Å². The van der Waals surface area contributed by atoms with Crippen LogP contribution in [-0.2, 0) is 4.74 Å². The summed E-state index contributed by atoms with van der Waals surface area (Å²) in [4.78, 5) is 16.5. The fraction of sp³-hybridized carbons (Fsp3) is 0.929. The number of urea groups is 1. The molecule has 2 aliphatic heterocycles. The summed E-state index contributed by atoms with van der Waals surface area (Å²) in [5, 5.41) is 3.08. The number of morpholine rings is 1. The van der Waals surface area contributed by atoms with Gasteiger partial charge in [-0.05, 0) is 33.1 Å². The Morgan fingerprint density at radius 1 is 1.32 bits per heavy atom. The number of hydrogen-bond acceptors (Lipinski definition) is 3. The van der Waals surface area contributed by atoms with E-state index in [1.807, 2.05) is 4.90 Å². The lowest BCUT2D eigenvalue weighted by Gasteiger charge is -2.35. The van der Waals surface area contributed by atoms with Gasteiger partial charge in [-0.15, -0.1) is 0 Å². The van der Waals surface area contributed by atoms with Crippen LogP contribution in [0.3, 0.4) is 0 Å².